The van der Waals surface area contributed by atoms with Crippen molar-refractivity contribution < 1.29 is 23.8 Å². The van der Waals surface area contributed by atoms with Gasteiger partial charge in [0.15, 0.2) is 11.6 Å². The normalized spacial score (nSPS) is 13.6. The maximum Gasteiger partial charge on any atom is 0.341 e. The van der Waals surface area contributed by atoms with Gasteiger partial charge >= 0.3 is 5.97 Å². The van der Waals surface area contributed by atoms with Crippen molar-refractivity contribution in [2.45, 2.75) is 25.8 Å². The minimum Gasteiger partial charge on any atom is -0.492 e. The van der Waals surface area contributed by atoms with Crippen LogP contribution >= 0.6 is 0 Å². The van der Waals surface area contributed by atoms with Gasteiger partial charge in [-0.05, 0) is 25.8 Å². The molecule has 1 aromatic carbocycles. The van der Waals surface area contributed by atoms with Gasteiger partial charge in [-0.3, -0.25) is 9.59 Å². The summed E-state index contributed by atoms with van der Waals surface area (Å²) in [5.41, 5.74) is 4.78. The van der Waals surface area contributed by atoms with Crippen LogP contribution < -0.4 is 20.8 Å². The van der Waals surface area contributed by atoms with Crippen molar-refractivity contribution in [2.24, 2.45) is 5.73 Å². The topological polar surface area (TPSA) is 115 Å². The number of halogens is 1. The van der Waals surface area contributed by atoms with Crippen molar-refractivity contribution in [1.29, 1.82) is 0 Å². The summed E-state index contributed by atoms with van der Waals surface area (Å²) in [7, 11) is 1.35. The molecule has 3 rings (SSSR count). The zero-order valence-corrected chi connectivity index (χ0v) is 15.7. The fourth-order valence-corrected chi connectivity index (χ4v) is 3.42. The zero-order chi connectivity index (χ0) is 20.6. The van der Waals surface area contributed by atoms with Gasteiger partial charge in [0, 0.05) is 25.3 Å². The van der Waals surface area contributed by atoms with Crippen LogP contribution in [-0.2, 0) is 4.79 Å². The molecule has 0 amide bonds. The summed E-state index contributed by atoms with van der Waals surface area (Å²) in [5, 5.41) is 9.29. The Morgan fingerprint density at radius 2 is 2.11 bits per heavy atom. The predicted octanol–water partition coefficient (Wildman–Crippen LogP) is 1.54. The van der Waals surface area contributed by atoms with Crippen molar-refractivity contribution >= 4 is 28.3 Å². The largest absolute Gasteiger partial charge is 0.492 e. The SMILES string of the molecule is COc1c(N(CCN)CC(C)=O)c(F)cc2c(=O)c(C(=O)O)cn(C3CC3)c12. The molecule has 1 aliphatic rings. The molecule has 1 fully saturated rings. The lowest BCUT2D eigenvalue weighted by Crippen LogP contribution is -2.34. The average Bonchev–Trinajstić information content (AvgIpc) is 3.45. The lowest BCUT2D eigenvalue weighted by Gasteiger charge is -2.27. The van der Waals surface area contributed by atoms with Gasteiger partial charge in [0.2, 0.25) is 5.43 Å². The molecule has 9 heteroatoms. The number of methoxy groups -OCH3 is 1. The Bertz CT molecular complexity index is 1010. The van der Waals surface area contributed by atoms with Crippen LogP contribution in [0.4, 0.5) is 10.1 Å². The molecule has 8 nitrogen and oxygen atoms in total. The Morgan fingerprint density at radius 3 is 2.61 bits per heavy atom. The Labute approximate surface area is 160 Å². The first-order valence-corrected chi connectivity index (χ1v) is 8.93. The summed E-state index contributed by atoms with van der Waals surface area (Å²) in [5.74, 6) is -2.24. The van der Waals surface area contributed by atoms with Gasteiger partial charge in [0.1, 0.15) is 17.0 Å². The van der Waals surface area contributed by atoms with Crippen LogP contribution in [0.25, 0.3) is 10.9 Å². The number of Topliss-reactive ketones (excluding diaryl/α,β-unsaturated/α-hetero) is 1. The molecular formula is C19H22FN3O5. The number of hydrogen-bond acceptors (Lipinski definition) is 6. The first-order chi connectivity index (χ1) is 13.3. The fourth-order valence-electron chi connectivity index (χ4n) is 3.42. The van der Waals surface area contributed by atoms with Crippen LogP contribution in [0.15, 0.2) is 17.1 Å². The predicted molar refractivity (Wildman–Crippen MR) is 102 cm³/mol. The van der Waals surface area contributed by atoms with Gasteiger partial charge in [-0.25, -0.2) is 9.18 Å². The number of aromatic carboxylic acids is 1. The monoisotopic (exact) mass is 391 g/mol. The molecule has 1 heterocycles. The highest BCUT2D eigenvalue weighted by atomic mass is 19.1. The molecule has 28 heavy (non-hydrogen) atoms. The number of aromatic nitrogens is 1. The van der Waals surface area contributed by atoms with Gasteiger partial charge in [0.05, 0.1) is 24.6 Å². The number of carbonyl (C=O) groups is 2. The van der Waals surface area contributed by atoms with E-state index in [2.05, 4.69) is 0 Å². The smallest absolute Gasteiger partial charge is 0.341 e. The number of benzene rings is 1. The van der Waals surface area contributed by atoms with E-state index in [1.165, 1.54) is 25.1 Å². The van der Waals surface area contributed by atoms with E-state index in [4.69, 9.17) is 10.5 Å². The molecule has 150 valence electrons. The maximum atomic E-state index is 15.1. The Hall–Kier alpha value is -2.94. The molecule has 3 N–H and O–H groups in total. The lowest BCUT2D eigenvalue weighted by atomic mass is 10.1. The van der Waals surface area contributed by atoms with E-state index in [0.29, 0.717) is 5.52 Å². The van der Waals surface area contributed by atoms with Gasteiger partial charge in [-0.15, -0.1) is 0 Å². The molecule has 0 atom stereocenters. The standard InChI is InChI=1S/C19H22FN3O5/c1-10(24)8-22(6-5-21)16-14(20)7-12-15(18(16)28-2)23(11-3-4-11)9-13(17(12)25)19(26)27/h7,9,11H,3-6,8,21H2,1-2H3,(H,26,27). The number of carbonyl (C=O) groups excluding carboxylic acids is 1. The van der Waals surface area contributed by atoms with Crippen molar-refractivity contribution in [3.63, 3.8) is 0 Å². The number of ether oxygens (including phenoxy) is 1. The Kier molecular flexibility index (Phi) is 5.37. The molecule has 0 spiro atoms. The third-order valence-electron chi connectivity index (χ3n) is 4.70. The van der Waals surface area contributed by atoms with Crippen LogP contribution in [-0.4, -0.2) is 48.2 Å². The summed E-state index contributed by atoms with van der Waals surface area (Å²) >= 11 is 0. The molecule has 0 bridgehead atoms. The number of anilines is 1. The van der Waals surface area contributed by atoms with Crippen LogP contribution in [0.1, 0.15) is 36.2 Å². The second kappa shape index (κ2) is 7.59. The van der Waals surface area contributed by atoms with Crippen LogP contribution in [0, 0.1) is 5.82 Å². The number of ketones is 1. The third kappa shape index (κ3) is 3.45. The van der Waals surface area contributed by atoms with Crippen LogP contribution in [0.3, 0.4) is 0 Å². The summed E-state index contributed by atoms with van der Waals surface area (Å²) in [6.45, 7) is 1.70. The molecule has 2 aromatic rings. The molecule has 0 aliphatic heterocycles. The molecule has 1 saturated carbocycles. The number of nitrogens with two attached hydrogens (primary N) is 1. The van der Waals surface area contributed by atoms with E-state index in [-0.39, 0.29) is 48.3 Å². The van der Waals surface area contributed by atoms with E-state index in [9.17, 15) is 19.5 Å². The number of nitrogens with zero attached hydrogens (tertiary/aromatic N) is 2. The third-order valence-corrected chi connectivity index (χ3v) is 4.70. The molecule has 1 aliphatic carbocycles. The Morgan fingerprint density at radius 1 is 1.43 bits per heavy atom. The van der Waals surface area contributed by atoms with Gasteiger partial charge in [-0.2, -0.15) is 0 Å². The molecule has 0 unspecified atom stereocenters. The lowest BCUT2D eigenvalue weighted by molar-refractivity contribution is -0.115. The average molecular weight is 391 g/mol. The summed E-state index contributed by atoms with van der Waals surface area (Å²) < 4.78 is 22.2. The van der Waals surface area contributed by atoms with Crippen molar-refractivity contribution in [3.8, 4) is 5.75 Å². The molecular weight excluding hydrogens is 369 g/mol. The summed E-state index contributed by atoms with van der Waals surface area (Å²) in [6, 6.07) is 1.02. The van der Waals surface area contributed by atoms with Gasteiger partial charge in [-0.1, -0.05) is 0 Å². The van der Waals surface area contributed by atoms with E-state index < -0.39 is 22.8 Å². The van der Waals surface area contributed by atoms with Gasteiger partial charge < -0.3 is 25.0 Å². The van der Waals surface area contributed by atoms with Crippen molar-refractivity contribution in [2.75, 3.05) is 31.6 Å². The van der Waals surface area contributed by atoms with Gasteiger partial charge in [0.25, 0.3) is 0 Å². The second-order valence-corrected chi connectivity index (χ2v) is 6.86. The number of fused-ring (bicyclic) bond motifs is 1. The molecule has 0 saturated heterocycles. The second-order valence-electron chi connectivity index (χ2n) is 6.86. The van der Waals surface area contributed by atoms with Crippen LogP contribution in [0.5, 0.6) is 5.75 Å². The minimum absolute atomic E-state index is 0.00387. The summed E-state index contributed by atoms with van der Waals surface area (Å²) in [6.07, 6.45) is 2.91. The van der Waals surface area contributed by atoms with E-state index in [1.54, 1.807) is 4.57 Å². The van der Waals surface area contributed by atoms with Crippen LogP contribution in [0.2, 0.25) is 0 Å². The highest BCUT2D eigenvalue weighted by Crippen LogP contribution is 2.43. The first kappa shape index (κ1) is 19.8. The zero-order valence-electron chi connectivity index (χ0n) is 15.7. The quantitative estimate of drug-likeness (QED) is 0.701. The van der Waals surface area contributed by atoms with Crippen molar-refractivity contribution in [3.05, 3.63) is 33.9 Å². The highest BCUT2D eigenvalue weighted by molar-refractivity contribution is 5.97. The fraction of sp³-hybridized carbons (Fsp3) is 0.421. The highest BCUT2D eigenvalue weighted by Gasteiger charge is 2.31. The van der Waals surface area contributed by atoms with E-state index in [1.807, 2.05) is 0 Å². The minimum atomic E-state index is -1.37. The van der Waals surface area contributed by atoms with E-state index in [0.717, 1.165) is 18.9 Å². The summed E-state index contributed by atoms with van der Waals surface area (Å²) in [4.78, 5) is 37.3. The number of pyridine rings is 1. The van der Waals surface area contributed by atoms with E-state index >= 15 is 4.39 Å². The number of rotatable bonds is 8. The first-order valence-electron chi connectivity index (χ1n) is 8.93. The number of hydrogen-bond donors (Lipinski definition) is 2. The molecule has 0 radical (unpaired) electrons. The maximum absolute atomic E-state index is 15.1. The number of carboxylic acid groups (broad SMARTS) is 1. The Balaban J connectivity index is 2.39. The molecule has 1 aromatic heterocycles. The number of carboxylic acids is 1. The van der Waals surface area contributed by atoms with Crippen molar-refractivity contribution in [1.82, 2.24) is 4.57 Å².